The molecular formula is C18H17IN2. The summed E-state index contributed by atoms with van der Waals surface area (Å²) in [6.45, 7) is 3.07. The fourth-order valence-electron chi connectivity index (χ4n) is 2.69. The van der Waals surface area contributed by atoms with Crippen LogP contribution < -0.4 is 5.32 Å². The van der Waals surface area contributed by atoms with Crippen LogP contribution in [0.2, 0.25) is 0 Å². The fraction of sp³-hybridized carbons (Fsp3) is 0.167. The van der Waals surface area contributed by atoms with Gasteiger partial charge < -0.3 is 5.32 Å². The van der Waals surface area contributed by atoms with Crippen molar-refractivity contribution in [3.63, 3.8) is 0 Å². The van der Waals surface area contributed by atoms with E-state index < -0.39 is 0 Å². The molecule has 0 radical (unpaired) electrons. The van der Waals surface area contributed by atoms with Gasteiger partial charge in [-0.15, -0.1) is 0 Å². The first-order valence-electron chi connectivity index (χ1n) is 7.11. The number of nitrogens with one attached hydrogen (secondary N) is 1. The van der Waals surface area contributed by atoms with Gasteiger partial charge in [0, 0.05) is 21.4 Å². The molecule has 1 unspecified atom stereocenters. The highest BCUT2D eigenvalue weighted by atomic mass is 127. The molecule has 1 atom stereocenters. The minimum Gasteiger partial charge on any atom is -0.307 e. The third-order valence-electron chi connectivity index (χ3n) is 3.62. The van der Waals surface area contributed by atoms with E-state index in [1.165, 1.54) is 25.5 Å². The Bertz CT molecular complexity index is 750. The Morgan fingerprint density at radius 1 is 1.14 bits per heavy atom. The van der Waals surface area contributed by atoms with Crippen molar-refractivity contribution in [3.8, 4) is 0 Å². The zero-order chi connectivity index (χ0) is 14.7. The molecule has 3 aromatic rings. The van der Waals surface area contributed by atoms with Crippen LogP contribution in [-0.4, -0.2) is 11.5 Å². The van der Waals surface area contributed by atoms with Crippen molar-refractivity contribution >= 4 is 33.4 Å². The maximum Gasteiger partial charge on any atom is 0.0583 e. The van der Waals surface area contributed by atoms with Crippen molar-refractivity contribution in [1.82, 2.24) is 10.3 Å². The quantitative estimate of drug-likeness (QED) is 0.664. The van der Waals surface area contributed by atoms with Crippen molar-refractivity contribution in [2.75, 3.05) is 6.54 Å². The molecule has 106 valence electrons. The third-order valence-corrected chi connectivity index (χ3v) is 4.29. The van der Waals surface area contributed by atoms with E-state index in [9.17, 15) is 0 Å². The normalized spacial score (nSPS) is 12.5. The number of rotatable bonds is 4. The fourth-order valence-corrected chi connectivity index (χ4v) is 3.25. The number of benzene rings is 2. The van der Waals surface area contributed by atoms with Gasteiger partial charge in [-0.25, -0.2) is 0 Å². The molecule has 21 heavy (non-hydrogen) atoms. The standard InChI is InChI=1S/C18H17IN2/c1-2-21-18(14-6-3-7-15(19)11-14)16-8-4-5-13-9-10-20-12-17(13)16/h3-12,18,21H,2H2,1H3. The van der Waals surface area contributed by atoms with Crippen LogP contribution in [0.15, 0.2) is 60.9 Å². The highest BCUT2D eigenvalue weighted by Crippen LogP contribution is 2.29. The van der Waals surface area contributed by atoms with Gasteiger partial charge in [0.1, 0.15) is 0 Å². The van der Waals surface area contributed by atoms with E-state index in [4.69, 9.17) is 0 Å². The SMILES string of the molecule is CCNC(c1cccc(I)c1)c1cccc2ccncc12. The summed E-state index contributed by atoms with van der Waals surface area (Å²) in [5, 5.41) is 6.05. The number of fused-ring (bicyclic) bond motifs is 1. The van der Waals surface area contributed by atoms with Crippen molar-refractivity contribution in [1.29, 1.82) is 0 Å². The van der Waals surface area contributed by atoms with E-state index in [0.717, 1.165) is 6.54 Å². The van der Waals surface area contributed by atoms with E-state index in [0.29, 0.717) is 0 Å². The molecule has 0 saturated heterocycles. The van der Waals surface area contributed by atoms with Crippen LogP contribution in [0.4, 0.5) is 0 Å². The van der Waals surface area contributed by atoms with E-state index in [1.54, 1.807) is 0 Å². The van der Waals surface area contributed by atoms with Gasteiger partial charge >= 0.3 is 0 Å². The monoisotopic (exact) mass is 388 g/mol. The number of pyridine rings is 1. The molecule has 1 heterocycles. The Morgan fingerprint density at radius 2 is 2.00 bits per heavy atom. The van der Waals surface area contributed by atoms with Crippen molar-refractivity contribution in [3.05, 3.63) is 75.6 Å². The molecule has 0 aliphatic heterocycles. The highest BCUT2D eigenvalue weighted by Gasteiger charge is 2.15. The summed E-state index contributed by atoms with van der Waals surface area (Å²) in [6, 6.07) is 17.4. The van der Waals surface area contributed by atoms with E-state index in [2.05, 4.69) is 88.3 Å². The lowest BCUT2D eigenvalue weighted by atomic mass is 9.94. The van der Waals surface area contributed by atoms with Crippen LogP contribution in [0.3, 0.4) is 0 Å². The van der Waals surface area contributed by atoms with Gasteiger partial charge in [-0.3, -0.25) is 4.98 Å². The lowest BCUT2D eigenvalue weighted by Crippen LogP contribution is -2.22. The zero-order valence-electron chi connectivity index (χ0n) is 11.9. The van der Waals surface area contributed by atoms with Gasteiger partial charge in [0.15, 0.2) is 0 Å². The Hall–Kier alpha value is -1.46. The first-order chi connectivity index (χ1) is 10.3. The van der Waals surface area contributed by atoms with Gasteiger partial charge in [-0.2, -0.15) is 0 Å². The van der Waals surface area contributed by atoms with Crippen LogP contribution in [0.25, 0.3) is 10.8 Å². The number of nitrogens with zero attached hydrogens (tertiary/aromatic N) is 1. The number of hydrogen-bond donors (Lipinski definition) is 1. The van der Waals surface area contributed by atoms with E-state index in [-0.39, 0.29) is 6.04 Å². The van der Waals surface area contributed by atoms with Crippen LogP contribution in [0.5, 0.6) is 0 Å². The maximum absolute atomic E-state index is 4.30. The topological polar surface area (TPSA) is 24.9 Å². The highest BCUT2D eigenvalue weighted by molar-refractivity contribution is 14.1. The van der Waals surface area contributed by atoms with Gasteiger partial charge in [0.25, 0.3) is 0 Å². The second-order valence-electron chi connectivity index (χ2n) is 4.99. The molecule has 3 heteroatoms. The molecule has 1 N–H and O–H groups in total. The van der Waals surface area contributed by atoms with Gasteiger partial charge in [0.2, 0.25) is 0 Å². The molecule has 2 aromatic carbocycles. The Morgan fingerprint density at radius 3 is 2.81 bits per heavy atom. The second kappa shape index (κ2) is 6.54. The van der Waals surface area contributed by atoms with Crippen molar-refractivity contribution in [2.24, 2.45) is 0 Å². The maximum atomic E-state index is 4.30. The first kappa shape index (κ1) is 14.5. The molecule has 0 bridgehead atoms. The van der Waals surface area contributed by atoms with Crippen LogP contribution in [-0.2, 0) is 0 Å². The summed E-state index contributed by atoms with van der Waals surface area (Å²) < 4.78 is 1.26. The Balaban J connectivity index is 2.16. The van der Waals surface area contributed by atoms with E-state index >= 15 is 0 Å². The zero-order valence-corrected chi connectivity index (χ0v) is 14.0. The molecule has 3 rings (SSSR count). The van der Waals surface area contributed by atoms with Crippen LogP contribution in [0, 0.1) is 3.57 Å². The molecular weight excluding hydrogens is 371 g/mol. The number of aromatic nitrogens is 1. The Kier molecular flexibility index (Phi) is 4.51. The largest absolute Gasteiger partial charge is 0.307 e. The summed E-state index contributed by atoms with van der Waals surface area (Å²) >= 11 is 2.36. The summed E-state index contributed by atoms with van der Waals surface area (Å²) in [4.78, 5) is 4.30. The molecule has 2 nitrogen and oxygen atoms in total. The van der Waals surface area contributed by atoms with Crippen molar-refractivity contribution < 1.29 is 0 Å². The summed E-state index contributed by atoms with van der Waals surface area (Å²) in [6.07, 6.45) is 3.81. The average Bonchev–Trinajstić information content (AvgIpc) is 2.52. The number of hydrogen-bond acceptors (Lipinski definition) is 2. The molecule has 1 aromatic heterocycles. The molecule has 0 amide bonds. The molecule has 0 aliphatic rings. The minimum atomic E-state index is 0.192. The molecule has 0 aliphatic carbocycles. The lowest BCUT2D eigenvalue weighted by Gasteiger charge is -2.21. The predicted octanol–water partition coefficient (Wildman–Crippen LogP) is 4.54. The summed E-state index contributed by atoms with van der Waals surface area (Å²) in [5.41, 5.74) is 2.57. The first-order valence-corrected chi connectivity index (χ1v) is 8.19. The van der Waals surface area contributed by atoms with Crippen molar-refractivity contribution in [2.45, 2.75) is 13.0 Å². The molecule has 0 saturated carbocycles. The smallest absolute Gasteiger partial charge is 0.0583 e. The third kappa shape index (κ3) is 3.09. The molecule has 0 fully saturated rings. The van der Waals surface area contributed by atoms with Gasteiger partial charge in [0.05, 0.1) is 6.04 Å². The summed E-state index contributed by atoms with van der Waals surface area (Å²) in [7, 11) is 0. The van der Waals surface area contributed by atoms with E-state index in [1.807, 2.05) is 12.4 Å². The van der Waals surface area contributed by atoms with Gasteiger partial charge in [-0.05, 0) is 63.8 Å². The second-order valence-corrected chi connectivity index (χ2v) is 6.24. The van der Waals surface area contributed by atoms with Gasteiger partial charge in [-0.1, -0.05) is 37.3 Å². The lowest BCUT2D eigenvalue weighted by molar-refractivity contribution is 0.634. The van der Waals surface area contributed by atoms with Crippen LogP contribution >= 0.6 is 22.6 Å². The Labute approximate surface area is 138 Å². The molecule has 0 spiro atoms. The average molecular weight is 388 g/mol. The van der Waals surface area contributed by atoms with Crippen LogP contribution in [0.1, 0.15) is 24.1 Å². The summed E-state index contributed by atoms with van der Waals surface area (Å²) in [5.74, 6) is 0. The number of halogens is 1. The predicted molar refractivity (Wildman–Crippen MR) is 96.4 cm³/mol. The minimum absolute atomic E-state index is 0.192.